The molecule has 1 heterocycles. The van der Waals surface area contributed by atoms with Gasteiger partial charge < -0.3 is 15.7 Å². The van der Waals surface area contributed by atoms with E-state index >= 15 is 0 Å². The molecule has 108 valence electrons. The number of fused-ring (bicyclic) bond motifs is 1. The Balaban J connectivity index is 2.55. The lowest BCUT2D eigenvalue weighted by Gasteiger charge is -2.33. The molecule has 0 unspecified atom stereocenters. The van der Waals surface area contributed by atoms with Crippen molar-refractivity contribution >= 4 is 22.3 Å². The second kappa shape index (κ2) is 6.57. The summed E-state index contributed by atoms with van der Waals surface area (Å²) in [5, 5.41) is 10.4. The van der Waals surface area contributed by atoms with E-state index < -0.39 is 0 Å². The quantitative estimate of drug-likeness (QED) is 0.794. The van der Waals surface area contributed by atoms with Crippen molar-refractivity contribution in [2.75, 3.05) is 23.8 Å². The molecule has 0 atom stereocenters. The number of anilines is 2. The van der Waals surface area contributed by atoms with E-state index in [1.165, 1.54) is 0 Å². The van der Waals surface area contributed by atoms with Crippen LogP contribution in [0, 0.1) is 0 Å². The van der Waals surface area contributed by atoms with Crippen LogP contribution in [0.3, 0.4) is 0 Å². The summed E-state index contributed by atoms with van der Waals surface area (Å²) >= 11 is 0. The van der Waals surface area contributed by atoms with Gasteiger partial charge in [0.05, 0.1) is 17.8 Å². The summed E-state index contributed by atoms with van der Waals surface area (Å²) in [6, 6.07) is 8.28. The topological polar surface area (TPSA) is 62.4 Å². The zero-order valence-electron chi connectivity index (χ0n) is 12.2. The fourth-order valence-corrected chi connectivity index (χ4v) is 2.77. The first kappa shape index (κ1) is 14.6. The number of hydrogen-bond acceptors (Lipinski definition) is 4. The number of nitrogens with two attached hydrogens (primary N) is 1. The van der Waals surface area contributed by atoms with Crippen LogP contribution in [0.4, 0.5) is 11.4 Å². The molecular weight excluding hydrogens is 250 g/mol. The van der Waals surface area contributed by atoms with E-state index in [-0.39, 0.29) is 6.61 Å². The maximum Gasteiger partial charge on any atom is 0.0951 e. The van der Waals surface area contributed by atoms with Gasteiger partial charge in [-0.3, -0.25) is 4.98 Å². The first-order valence-electron chi connectivity index (χ1n) is 7.23. The molecule has 0 bridgehead atoms. The van der Waals surface area contributed by atoms with E-state index in [1.54, 1.807) is 6.20 Å². The van der Waals surface area contributed by atoms with E-state index in [0.29, 0.717) is 18.3 Å². The molecule has 2 rings (SSSR count). The van der Waals surface area contributed by atoms with E-state index in [9.17, 15) is 5.11 Å². The van der Waals surface area contributed by atoms with Crippen LogP contribution < -0.4 is 10.6 Å². The maximum absolute atomic E-state index is 9.38. The minimum Gasteiger partial charge on any atom is -0.397 e. The Morgan fingerprint density at radius 3 is 2.65 bits per heavy atom. The van der Waals surface area contributed by atoms with Crippen LogP contribution in [-0.4, -0.2) is 29.3 Å². The molecule has 0 aliphatic rings. The number of nitrogen functional groups attached to an aromatic ring is 1. The fraction of sp³-hybridized carbons (Fsp3) is 0.438. The number of aromatic nitrogens is 1. The summed E-state index contributed by atoms with van der Waals surface area (Å²) in [7, 11) is 0. The van der Waals surface area contributed by atoms with Gasteiger partial charge in [-0.1, -0.05) is 26.0 Å². The summed E-state index contributed by atoms with van der Waals surface area (Å²) in [6.07, 6.45) is 3.88. The number of benzene rings is 1. The average Bonchev–Trinajstić information content (AvgIpc) is 2.47. The predicted octanol–water partition coefficient (Wildman–Crippen LogP) is 2.80. The molecule has 1 aromatic carbocycles. The number of hydrogen-bond donors (Lipinski definition) is 2. The second-order valence-electron chi connectivity index (χ2n) is 4.96. The van der Waals surface area contributed by atoms with Gasteiger partial charge in [-0.05, 0) is 25.0 Å². The van der Waals surface area contributed by atoms with Gasteiger partial charge in [0.2, 0.25) is 0 Å². The lowest BCUT2D eigenvalue weighted by atomic mass is 10.1. The Kier molecular flexibility index (Phi) is 4.79. The van der Waals surface area contributed by atoms with E-state index in [1.807, 2.05) is 24.3 Å². The molecule has 4 nitrogen and oxygen atoms in total. The number of aliphatic hydroxyl groups excluding tert-OH is 1. The van der Waals surface area contributed by atoms with Gasteiger partial charge in [0.15, 0.2) is 0 Å². The van der Waals surface area contributed by atoms with Crippen molar-refractivity contribution in [2.24, 2.45) is 0 Å². The normalized spacial score (nSPS) is 11.2. The zero-order valence-corrected chi connectivity index (χ0v) is 12.2. The fourth-order valence-electron chi connectivity index (χ4n) is 2.77. The van der Waals surface area contributed by atoms with Crippen LogP contribution in [-0.2, 0) is 0 Å². The zero-order chi connectivity index (χ0) is 14.5. The smallest absolute Gasteiger partial charge is 0.0951 e. The van der Waals surface area contributed by atoms with Crippen molar-refractivity contribution in [1.82, 2.24) is 4.98 Å². The lowest BCUT2D eigenvalue weighted by molar-refractivity contribution is 0.296. The SMILES string of the molecule is CCC(CC)N(CCO)c1ccnc2c(N)cccc12. The van der Waals surface area contributed by atoms with Gasteiger partial charge in [0.25, 0.3) is 0 Å². The molecule has 0 saturated heterocycles. The van der Waals surface area contributed by atoms with Crippen molar-refractivity contribution in [1.29, 1.82) is 0 Å². The second-order valence-corrected chi connectivity index (χ2v) is 4.96. The largest absolute Gasteiger partial charge is 0.397 e. The highest BCUT2D eigenvalue weighted by molar-refractivity contribution is 5.98. The third-order valence-corrected chi connectivity index (χ3v) is 3.81. The molecule has 0 aliphatic heterocycles. The Labute approximate surface area is 120 Å². The summed E-state index contributed by atoms with van der Waals surface area (Å²) in [5.41, 5.74) is 8.64. The van der Waals surface area contributed by atoms with Gasteiger partial charge in [0, 0.05) is 29.9 Å². The minimum absolute atomic E-state index is 0.141. The summed E-state index contributed by atoms with van der Waals surface area (Å²) in [4.78, 5) is 6.65. The molecule has 3 N–H and O–H groups in total. The van der Waals surface area contributed by atoms with Crippen LogP contribution in [0.15, 0.2) is 30.5 Å². The number of nitrogens with zero attached hydrogens (tertiary/aromatic N) is 2. The highest BCUT2D eigenvalue weighted by atomic mass is 16.3. The summed E-state index contributed by atoms with van der Waals surface area (Å²) < 4.78 is 0. The number of pyridine rings is 1. The van der Waals surface area contributed by atoms with E-state index in [2.05, 4.69) is 23.7 Å². The van der Waals surface area contributed by atoms with Crippen LogP contribution in [0.2, 0.25) is 0 Å². The van der Waals surface area contributed by atoms with Crippen molar-refractivity contribution in [3.05, 3.63) is 30.5 Å². The van der Waals surface area contributed by atoms with Crippen molar-refractivity contribution in [3.63, 3.8) is 0 Å². The maximum atomic E-state index is 9.38. The molecule has 0 saturated carbocycles. The summed E-state index contributed by atoms with van der Waals surface area (Å²) in [5.74, 6) is 0. The highest BCUT2D eigenvalue weighted by Gasteiger charge is 2.18. The standard InChI is InChI=1S/C16H23N3O/c1-3-12(4-2)19(10-11-20)15-8-9-18-16-13(15)6-5-7-14(16)17/h5-9,12,20H,3-4,10-11,17H2,1-2H3. The van der Waals surface area contributed by atoms with Gasteiger partial charge in [-0.2, -0.15) is 0 Å². The van der Waals surface area contributed by atoms with Crippen LogP contribution >= 0.6 is 0 Å². The first-order valence-corrected chi connectivity index (χ1v) is 7.23. The first-order chi connectivity index (χ1) is 9.72. The number of para-hydroxylation sites is 1. The van der Waals surface area contributed by atoms with Crippen LogP contribution in [0.5, 0.6) is 0 Å². The summed E-state index contributed by atoms with van der Waals surface area (Å²) in [6.45, 7) is 5.12. The molecule has 4 heteroatoms. The number of aliphatic hydroxyl groups is 1. The van der Waals surface area contributed by atoms with Crippen molar-refractivity contribution in [3.8, 4) is 0 Å². The van der Waals surface area contributed by atoms with Crippen molar-refractivity contribution < 1.29 is 5.11 Å². The minimum atomic E-state index is 0.141. The monoisotopic (exact) mass is 273 g/mol. The molecule has 0 aliphatic carbocycles. The molecule has 0 radical (unpaired) electrons. The third kappa shape index (κ3) is 2.70. The third-order valence-electron chi connectivity index (χ3n) is 3.81. The van der Waals surface area contributed by atoms with E-state index in [0.717, 1.165) is 29.4 Å². The van der Waals surface area contributed by atoms with E-state index in [4.69, 9.17) is 5.73 Å². The molecule has 2 aromatic rings. The predicted molar refractivity (Wildman–Crippen MR) is 85.0 cm³/mol. The van der Waals surface area contributed by atoms with Crippen LogP contribution in [0.25, 0.3) is 10.9 Å². The molecular formula is C16H23N3O. The van der Waals surface area contributed by atoms with Gasteiger partial charge in [-0.25, -0.2) is 0 Å². The molecule has 0 amide bonds. The Morgan fingerprint density at radius 1 is 1.25 bits per heavy atom. The molecule has 1 aromatic heterocycles. The lowest BCUT2D eigenvalue weighted by Crippen LogP contribution is -2.37. The molecule has 20 heavy (non-hydrogen) atoms. The average molecular weight is 273 g/mol. The van der Waals surface area contributed by atoms with Gasteiger partial charge in [-0.15, -0.1) is 0 Å². The Hall–Kier alpha value is -1.81. The van der Waals surface area contributed by atoms with Gasteiger partial charge >= 0.3 is 0 Å². The van der Waals surface area contributed by atoms with Gasteiger partial charge in [0.1, 0.15) is 0 Å². The molecule has 0 spiro atoms. The number of rotatable bonds is 6. The van der Waals surface area contributed by atoms with Crippen LogP contribution in [0.1, 0.15) is 26.7 Å². The Bertz CT molecular complexity index is 567. The molecule has 0 fully saturated rings. The Morgan fingerprint density at radius 2 is 2.00 bits per heavy atom. The highest BCUT2D eigenvalue weighted by Crippen LogP contribution is 2.30. The van der Waals surface area contributed by atoms with Crippen molar-refractivity contribution in [2.45, 2.75) is 32.7 Å².